The highest BCUT2D eigenvalue weighted by molar-refractivity contribution is 5.96. The van der Waals surface area contributed by atoms with Crippen molar-refractivity contribution in [1.29, 1.82) is 0 Å². The van der Waals surface area contributed by atoms with Crippen LogP contribution in [0.3, 0.4) is 0 Å². The molecule has 9 atom stereocenters. The van der Waals surface area contributed by atoms with Crippen molar-refractivity contribution in [1.82, 2.24) is 26.6 Å². The summed E-state index contributed by atoms with van der Waals surface area (Å²) in [7, 11) is 0. The maximum Gasteiger partial charge on any atom is 0.254 e. The third kappa shape index (κ3) is 10.1. The van der Waals surface area contributed by atoms with Crippen LogP contribution in [-0.2, 0) is 38.4 Å². The largest absolute Gasteiger partial charge is 0.356 e. The predicted molar refractivity (Wildman–Crippen MR) is 211 cm³/mol. The van der Waals surface area contributed by atoms with Crippen LogP contribution in [0.5, 0.6) is 0 Å². The molecule has 4 saturated heterocycles. The van der Waals surface area contributed by atoms with E-state index in [0.29, 0.717) is 17.9 Å². The summed E-state index contributed by atoms with van der Waals surface area (Å²) in [6, 6.07) is 8.33. The van der Waals surface area contributed by atoms with E-state index in [9.17, 15) is 32.8 Å². The maximum absolute atomic E-state index is 14.6. The van der Waals surface area contributed by atoms with Crippen LogP contribution in [0.25, 0.3) is 11.1 Å². The normalized spacial score (nSPS) is 28.9. The van der Waals surface area contributed by atoms with Crippen molar-refractivity contribution >= 4 is 29.5 Å². The van der Waals surface area contributed by atoms with E-state index in [1.165, 1.54) is 30.3 Å². The van der Waals surface area contributed by atoms with E-state index in [1.54, 1.807) is 26.8 Å². The third-order valence-electron chi connectivity index (χ3n) is 12.0. The molecule has 0 radical (unpaired) electrons. The number of fused-ring (bicyclic) bond motifs is 2. The summed E-state index contributed by atoms with van der Waals surface area (Å²) >= 11 is 0. The van der Waals surface area contributed by atoms with Crippen molar-refractivity contribution in [2.75, 3.05) is 19.6 Å². The van der Waals surface area contributed by atoms with Crippen molar-refractivity contribution < 1.29 is 52.0 Å². The molecule has 1 saturated carbocycles. The lowest BCUT2D eigenvalue weighted by Crippen LogP contribution is -2.70. The number of nitrogens with one attached hydrogen (secondary N) is 5. The lowest BCUT2D eigenvalue weighted by molar-refractivity contribution is -0.570. The smallest absolute Gasteiger partial charge is 0.254 e. The van der Waals surface area contributed by atoms with Crippen molar-refractivity contribution in [2.24, 2.45) is 23.7 Å². The number of carbonyl (C=O) groups is 5. The monoisotopic (exact) mass is 825 g/mol. The van der Waals surface area contributed by atoms with Crippen molar-refractivity contribution in [2.45, 2.75) is 122 Å². The Labute approximate surface area is 343 Å². The molecule has 5 amide bonds. The number of halogens is 2. The van der Waals surface area contributed by atoms with Crippen LogP contribution >= 0.6 is 0 Å². The number of amides is 5. The molecule has 0 aromatic heterocycles. The number of hydrogen-bond donors (Lipinski definition) is 5. The Morgan fingerprint density at radius 3 is 2.34 bits per heavy atom. The molecule has 14 nitrogen and oxygen atoms in total. The molecule has 0 unspecified atom stereocenters. The van der Waals surface area contributed by atoms with E-state index in [4.69, 9.17) is 19.2 Å². The number of carbonyl (C=O) groups excluding carboxylic acids is 5. The summed E-state index contributed by atoms with van der Waals surface area (Å²) in [5, 5.41) is 13.3. The zero-order valence-electron chi connectivity index (χ0n) is 34.6. The Balaban J connectivity index is 0.991. The molecular weight excluding hydrogens is 768 g/mol. The Morgan fingerprint density at radius 2 is 1.59 bits per heavy atom. The standard InChI is InChI=1S/C43H57F2N5O9/c1-24-11-13-30-25(2)34(56-40-43(30)29(24)15-17-42(6,57-40)58-59-43)23-36(52)46-18-16-35(51)49-33(22-37(53)50-41(3,4)5)39(55)48-20-19-47-38(54)28-21-26(12-14-32(28)45)27-9-7-8-10-31(27)44/h7-10,12,14,21,24-25,29-30,33-34,40H,11,13,15-20,22-23H2,1-6H3,(H,46,52)(H,47,54)(H,48,55)(H,49,51)(H,50,53)/t24-,25-,29+,30+,33+,34-,40-,42-,43-/m1/s1. The minimum absolute atomic E-state index is 0.0308. The quantitative estimate of drug-likeness (QED) is 0.136. The molecule has 59 heavy (non-hydrogen) atoms. The van der Waals surface area contributed by atoms with Crippen LogP contribution < -0.4 is 26.6 Å². The fourth-order valence-electron chi connectivity index (χ4n) is 9.06. The van der Waals surface area contributed by atoms with Crippen molar-refractivity contribution in [3.8, 4) is 11.1 Å². The van der Waals surface area contributed by atoms with Gasteiger partial charge in [-0.15, -0.1) is 0 Å². The van der Waals surface area contributed by atoms with Crippen molar-refractivity contribution in [3.63, 3.8) is 0 Å². The summed E-state index contributed by atoms with van der Waals surface area (Å²) < 4.78 is 41.8. The van der Waals surface area contributed by atoms with Crippen LogP contribution in [0.15, 0.2) is 42.5 Å². The number of rotatable bonds is 14. The second-order valence-electron chi connectivity index (χ2n) is 17.6. The fraction of sp³-hybridized carbons (Fsp3) is 0.605. The van der Waals surface area contributed by atoms with Gasteiger partial charge in [-0.25, -0.2) is 18.6 Å². The summed E-state index contributed by atoms with van der Waals surface area (Å²) in [6.45, 7) is 11.2. The summed E-state index contributed by atoms with van der Waals surface area (Å²) in [5.74, 6) is -4.46. The number of hydrogen-bond acceptors (Lipinski definition) is 9. The maximum atomic E-state index is 14.6. The molecule has 2 aromatic rings. The van der Waals surface area contributed by atoms with Gasteiger partial charge in [0, 0.05) is 49.5 Å². The number of ether oxygens (including phenoxy) is 2. The average molecular weight is 826 g/mol. The second-order valence-corrected chi connectivity index (χ2v) is 17.6. The van der Waals surface area contributed by atoms with Gasteiger partial charge < -0.3 is 36.1 Å². The van der Waals surface area contributed by atoms with E-state index in [-0.39, 0.29) is 73.7 Å². The summed E-state index contributed by atoms with van der Waals surface area (Å²) in [6.07, 6.45) is 1.87. The highest BCUT2D eigenvalue weighted by Crippen LogP contribution is 2.60. The molecule has 4 aliphatic heterocycles. The second kappa shape index (κ2) is 18.0. The van der Waals surface area contributed by atoms with Gasteiger partial charge in [0.05, 0.1) is 24.5 Å². The van der Waals surface area contributed by atoms with Gasteiger partial charge in [0.15, 0.2) is 11.9 Å². The first-order chi connectivity index (χ1) is 27.9. The third-order valence-corrected chi connectivity index (χ3v) is 12.0. The SMILES string of the molecule is C[C@H]1[C@@H](CC(=O)NCCC(=O)N[C@@H](CC(=O)NC(C)(C)C)C(=O)NCCNC(=O)c2cc(-c3ccccc3F)ccc2F)O[C@@H]2O[C@@]3(C)CC[C@H]4[C@H](C)CC[C@@H]1[C@@]24OO3. The van der Waals surface area contributed by atoms with Gasteiger partial charge in [0.2, 0.25) is 29.4 Å². The molecule has 2 bridgehead atoms. The van der Waals surface area contributed by atoms with E-state index in [2.05, 4.69) is 40.4 Å². The van der Waals surface area contributed by atoms with E-state index in [1.807, 2.05) is 6.92 Å². The first kappa shape index (κ1) is 44.1. The first-order valence-electron chi connectivity index (χ1n) is 20.6. The van der Waals surface area contributed by atoms with Crippen LogP contribution in [0.2, 0.25) is 0 Å². The van der Waals surface area contributed by atoms with Gasteiger partial charge >= 0.3 is 0 Å². The fourth-order valence-corrected chi connectivity index (χ4v) is 9.06. The van der Waals surface area contributed by atoms with Crippen LogP contribution in [0.1, 0.15) is 96.8 Å². The highest BCUT2D eigenvalue weighted by Gasteiger charge is 2.69. The molecule has 2 aromatic carbocycles. The van der Waals surface area contributed by atoms with Crippen LogP contribution in [0.4, 0.5) is 8.78 Å². The van der Waals surface area contributed by atoms with Gasteiger partial charge in [-0.2, -0.15) is 0 Å². The number of benzene rings is 2. The summed E-state index contributed by atoms with van der Waals surface area (Å²) in [4.78, 5) is 77.3. The van der Waals surface area contributed by atoms with E-state index in [0.717, 1.165) is 25.3 Å². The molecule has 4 heterocycles. The van der Waals surface area contributed by atoms with E-state index < -0.39 is 70.6 Å². The molecular formula is C43H57F2N5O9. The zero-order valence-corrected chi connectivity index (χ0v) is 34.6. The summed E-state index contributed by atoms with van der Waals surface area (Å²) in [5.41, 5.74) is -1.13. The highest BCUT2D eigenvalue weighted by atomic mass is 19.1. The molecule has 5 fully saturated rings. The topological polar surface area (TPSA) is 182 Å². The van der Waals surface area contributed by atoms with Crippen LogP contribution in [0, 0.1) is 35.3 Å². The van der Waals surface area contributed by atoms with Gasteiger partial charge in [-0.3, -0.25) is 24.0 Å². The van der Waals surface area contributed by atoms with Gasteiger partial charge in [-0.05, 0) is 88.5 Å². The molecule has 1 spiro atoms. The minimum Gasteiger partial charge on any atom is -0.356 e. The Bertz CT molecular complexity index is 1910. The van der Waals surface area contributed by atoms with Gasteiger partial charge in [0.25, 0.3) is 5.91 Å². The van der Waals surface area contributed by atoms with Crippen LogP contribution in [-0.4, -0.2) is 84.5 Å². The lowest BCUT2D eigenvalue weighted by atomic mass is 9.57. The molecule has 1 aliphatic carbocycles. The molecule has 7 rings (SSSR count). The van der Waals surface area contributed by atoms with Gasteiger partial charge in [-0.1, -0.05) is 38.1 Å². The Morgan fingerprint density at radius 1 is 0.847 bits per heavy atom. The average Bonchev–Trinajstić information content (AvgIpc) is 3.40. The molecule has 322 valence electrons. The Kier molecular flexibility index (Phi) is 13.4. The van der Waals surface area contributed by atoms with Gasteiger partial charge in [0.1, 0.15) is 17.7 Å². The van der Waals surface area contributed by atoms with Crippen molar-refractivity contribution in [3.05, 3.63) is 59.7 Å². The minimum atomic E-state index is -1.28. The molecule has 16 heteroatoms. The molecule has 5 N–H and O–H groups in total. The van der Waals surface area contributed by atoms with E-state index >= 15 is 0 Å². The Hall–Kier alpha value is -4.51. The molecule has 5 aliphatic rings. The zero-order chi connectivity index (χ0) is 42.7. The predicted octanol–water partition coefficient (Wildman–Crippen LogP) is 4.41. The lowest BCUT2D eigenvalue weighted by Gasteiger charge is -2.60. The first-order valence-corrected chi connectivity index (χ1v) is 20.6.